The molecule has 122 valence electrons. The molecule has 2 aromatic rings. The molecule has 2 heterocycles. The molecule has 2 fully saturated rings. The van der Waals surface area contributed by atoms with Crippen LogP contribution in [0.4, 0.5) is 0 Å². The highest BCUT2D eigenvalue weighted by molar-refractivity contribution is 6.34. The van der Waals surface area contributed by atoms with Crippen molar-refractivity contribution in [2.45, 2.75) is 50.2 Å². The molecule has 2 aliphatic carbocycles. The number of aromatic nitrogens is 4. The van der Waals surface area contributed by atoms with Gasteiger partial charge in [0.15, 0.2) is 11.4 Å². The largest absolute Gasteiger partial charge is 0.485 e. The number of hydrogen-bond acceptors (Lipinski definition) is 4. The first-order valence-electron chi connectivity index (χ1n) is 7.92. The lowest BCUT2D eigenvalue weighted by Gasteiger charge is -2.21. The number of nitrogens with zero attached hydrogens (tertiary/aromatic N) is 2. The Morgan fingerprint density at radius 2 is 2.22 bits per heavy atom. The number of halogens is 1. The van der Waals surface area contributed by atoms with Crippen LogP contribution in [0.3, 0.4) is 0 Å². The summed E-state index contributed by atoms with van der Waals surface area (Å²) in [6.45, 7) is 0. The lowest BCUT2D eigenvalue weighted by molar-refractivity contribution is 0.0889. The SMILES string of the molecule is O=C(N[C@H]1CCC[C@H]1Oc1cn[nH]c1)c1n[nH]c(C2CC2)c1Cl. The number of ether oxygens (including phenoxy) is 1. The maximum absolute atomic E-state index is 12.5. The number of aromatic amines is 2. The summed E-state index contributed by atoms with van der Waals surface area (Å²) in [6.07, 6.45) is 8.27. The van der Waals surface area contributed by atoms with Gasteiger partial charge in [-0.05, 0) is 32.1 Å². The van der Waals surface area contributed by atoms with Crippen LogP contribution in [0.2, 0.25) is 5.02 Å². The molecule has 8 heteroatoms. The van der Waals surface area contributed by atoms with E-state index in [2.05, 4.69) is 25.7 Å². The van der Waals surface area contributed by atoms with Gasteiger partial charge < -0.3 is 10.1 Å². The van der Waals surface area contributed by atoms with Crippen LogP contribution in [0.5, 0.6) is 5.75 Å². The second kappa shape index (κ2) is 5.88. The maximum Gasteiger partial charge on any atom is 0.273 e. The molecule has 0 radical (unpaired) electrons. The predicted molar refractivity (Wildman–Crippen MR) is 83.7 cm³/mol. The van der Waals surface area contributed by atoms with Gasteiger partial charge in [0, 0.05) is 5.92 Å². The summed E-state index contributed by atoms with van der Waals surface area (Å²) in [5.74, 6) is 0.871. The number of nitrogens with one attached hydrogen (secondary N) is 3. The van der Waals surface area contributed by atoms with Crippen LogP contribution >= 0.6 is 11.6 Å². The van der Waals surface area contributed by atoms with Gasteiger partial charge in [-0.1, -0.05) is 11.6 Å². The second-order valence-electron chi connectivity index (χ2n) is 6.18. The second-order valence-corrected chi connectivity index (χ2v) is 6.55. The van der Waals surface area contributed by atoms with E-state index < -0.39 is 0 Å². The Labute approximate surface area is 138 Å². The van der Waals surface area contributed by atoms with Gasteiger partial charge in [-0.15, -0.1) is 0 Å². The molecule has 0 unspecified atom stereocenters. The van der Waals surface area contributed by atoms with Crippen molar-refractivity contribution >= 4 is 17.5 Å². The van der Waals surface area contributed by atoms with Gasteiger partial charge in [0.05, 0.1) is 29.2 Å². The number of H-pyrrole nitrogens is 2. The molecule has 2 aromatic heterocycles. The molecule has 2 aliphatic rings. The molecular formula is C15H18ClN5O2. The third-order valence-electron chi connectivity index (χ3n) is 4.46. The first-order valence-corrected chi connectivity index (χ1v) is 8.30. The standard InChI is InChI=1S/C15H18ClN5O2/c16-12-13(8-4-5-8)20-21-14(12)15(22)19-10-2-1-3-11(10)23-9-6-17-18-7-9/h6-8,10-11H,1-5H2,(H,17,18)(H,19,22)(H,20,21)/t10-,11+/m0/s1. The fraction of sp³-hybridized carbons (Fsp3) is 0.533. The normalized spacial score (nSPS) is 23.9. The molecule has 1 amide bonds. The van der Waals surface area contributed by atoms with Crippen molar-refractivity contribution in [3.05, 3.63) is 28.8 Å². The summed E-state index contributed by atoms with van der Waals surface area (Å²) < 4.78 is 5.88. The molecule has 2 saturated carbocycles. The third kappa shape index (κ3) is 2.93. The molecule has 2 atom stereocenters. The Balaban J connectivity index is 1.43. The van der Waals surface area contributed by atoms with Crippen molar-refractivity contribution < 1.29 is 9.53 Å². The molecule has 0 spiro atoms. The van der Waals surface area contributed by atoms with E-state index in [0.29, 0.717) is 16.7 Å². The van der Waals surface area contributed by atoms with Gasteiger partial charge >= 0.3 is 0 Å². The molecule has 0 saturated heterocycles. The van der Waals surface area contributed by atoms with E-state index in [-0.39, 0.29) is 23.7 Å². The average Bonchev–Trinajstić information content (AvgIpc) is 2.93. The summed E-state index contributed by atoms with van der Waals surface area (Å²) in [5, 5.41) is 17.0. The summed E-state index contributed by atoms with van der Waals surface area (Å²) in [7, 11) is 0. The van der Waals surface area contributed by atoms with E-state index in [4.69, 9.17) is 16.3 Å². The first kappa shape index (κ1) is 14.6. The number of hydrogen-bond donors (Lipinski definition) is 3. The Bertz CT molecular complexity index is 695. The molecule has 7 nitrogen and oxygen atoms in total. The minimum absolute atomic E-state index is 0.0467. The van der Waals surface area contributed by atoms with E-state index in [1.165, 1.54) is 0 Å². The molecule has 0 aliphatic heterocycles. The maximum atomic E-state index is 12.5. The van der Waals surface area contributed by atoms with Crippen LogP contribution in [0, 0.1) is 0 Å². The van der Waals surface area contributed by atoms with E-state index in [9.17, 15) is 4.79 Å². The van der Waals surface area contributed by atoms with Crippen LogP contribution in [-0.4, -0.2) is 38.4 Å². The zero-order chi connectivity index (χ0) is 15.8. The molecule has 0 aromatic carbocycles. The van der Waals surface area contributed by atoms with Gasteiger partial charge in [-0.2, -0.15) is 10.2 Å². The average molecular weight is 336 g/mol. The molecule has 4 rings (SSSR count). The number of carbonyl (C=O) groups is 1. The Kier molecular flexibility index (Phi) is 3.72. The fourth-order valence-electron chi connectivity index (χ4n) is 3.08. The van der Waals surface area contributed by atoms with Crippen molar-refractivity contribution in [2.75, 3.05) is 0 Å². The van der Waals surface area contributed by atoms with Crippen LogP contribution in [0.15, 0.2) is 12.4 Å². The van der Waals surface area contributed by atoms with E-state index in [1.807, 2.05) is 0 Å². The van der Waals surface area contributed by atoms with Crippen molar-refractivity contribution in [2.24, 2.45) is 0 Å². The fourth-order valence-corrected chi connectivity index (χ4v) is 3.41. The van der Waals surface area contributed by atoms with Crippen molar-refractivity contribution in [3.8, 4) is 5.75 Å². The predicted octanol–water partition coefficient (Wildman–Crippen LogP) is 2.39. The third-order valence-corrected chi connectivity index (χ3v) is 4.85. The van der Waals surface area contributed by atoms with E-state index >= 15 is 0 Å². The summed E-state index contributed by atoms with van der Waals surface area (Å²) in [4.78, 5) is 12.5. The Morgan fingerprint density at radius 3 is 2.96 bits per heavy atom. The van der Waals surface area contributed by atoms with Gasteiger partial charge in [-0.3, -0.25) is 15.0 Å². The Hall–Kier alpha value is -2.02. The van der Waals surface area contributed by atoms with Crippen LogP contribution in [-0.2, 0) is 0 Å². The van der Waals surface area contributed by atoms with Gasteiger partial charge in [0.1, 0.15) is 6.10 Å². The number of rotatable bonds is 5. The molecule has 3 N–H and O–H groups in total. The zero-order valence-electron chi connectivity index (χ0n) is 12.5. The first-order chi connectivity index (χ1) is 11.2. The van der Waals surface area contributed by atoms with Gasteiger partial charge in [0.2, 0.25) is 0 Å². The van der Waals surface area contributed by atoms with Crippen LogP contribution in [0.1, 0.15) is 54.2 Å². The molecule has 0 bridgehead atoms. The van der Waals surface area contributed by atoms with Gasteiger partial charge in [0.25, 0.3) is 5.91 Å². The highest BCUT2D eigenvalue weighted by Gasteiger charge is 2.34. The minimum atomic E-state index is -0.245. The van der Waals surface area contributed by atoms with E-state index in [1.54, 1.807) is 12.4 Å². The molecule has 23 heavy (non-hydrogen) atoms. The van der Waals surface area contributed by atoms with Crippen LogP contribution in [0.25, 0.3) is 0 Å². The quantitative estimate of drug-likeness (QED) is 0.781. The topological polar surface area (TPSA) is 95.7 Å². The monoisotopic (exact) mass is 335 g/mol. The van der Waals surface area contributed by atoms with E-state index in [0.717, 1.165) is 37.8 Å². The summed E-state index contributed by atoms with van der Waals surface area (Å²) >= 11 is 6.29. The van der Waals surface area contributed by atoms with Crippen molar-refractivity contribution in [1.29, 1.82) is 0 Å². The van der Waals surface area contributed by atoms with Crippen molar-refractivity contribution in [3.63, 3.8) is 0 Å². The summed E-state index contributed by atoms with van der Waals surface area (Å²) in [5.41, 5.74) is 1.16. The highest BCUT2D eigenvalue weighted by Crippen LogP contribution is 2.42. The molecular weight excluding hydrogens is 318 g/mol. The highest BCUT2D eigenvalue weighted by atomic mass is 35.5. The number of carbonyl (C=O) groups excluding carboxylic acids is 1. The lowest BCUT2D eigenvalue weighted by Crippen LogP contribution is -2.42. The zero-order valence-corrected chi connectivity index (χ0v) is 13.3. The minimum Gasteiger partial charge on any atom is -0.485 e. The van der Waals surface area contributed by atoms with Crippen molar-refractivity contribution in [1.82, 2.24) is 25.7 Å². The smallest absolute Gasteiger partial charge is 0.273 e. The summed E-state index contributed by atoms with van der Waals surface area (Å²) in [6, 6.07) is -0.0467. The van der Waals surface area contributed by atoms with Gasteiger partial charge in [-0.25, -0.2) is 0 Å². The lowest BCUT2D eigenvalue weighted by atomic mass is 10.2. The number of amides is 1. The van der Waals surface area contributed by atoms with Crippen LogP contribution < -0.4 is 10.1 Å². The Morgan fingerprint density at radius 1 is 1.35 bits per heavy atom.